The normalized spacial score (nSPS) is 9.83. The van der Waals surface area contributed by atoms with Crippen LogP contribution in [0.5, 0.6) is 5.75 Å². The molecule has 0 aliphatic carbocycles. The zero-order chi connectivity index (χ0) is 9.14. The van der Waals surface area contributed by atoms with Crippen molar-refractivity contribution in [3.8, 4) is 5.75 Å². The highest BCUT2D eigenvalue weighted by atomic mass is 16.3. The van der Waals surface area contributed by atoms with Crippen LogP contribution in [-0.2, 0) is 6.42 Å². The molecule has 0 heterocycles. The Morgan fingerprint density at radius 3 is 2.67 bits per heavy atom. The second kappa shape index (κ2) is 3.44. The van der Waals surface area contributed by atoms with Crippen LogP contribution in [-0.4, -0.2) is 5.11 Å². The highest BCUT2D eigenvalue weighted by Gasteiger charge is 2.00. The van der Waals surface area contributed by atoms with Gasteiger partial charge in [0.2, 0.25) is 0 Å². The van der Waals surface area contributed by atoms with Crippen LogP contribution in [0.3, 0.4) is 0 Å². The summed E-state index contributed by atoms with van der Waals surface area (Å²) in [6.45, 7) is 7.84. The number of allylic oxidation sites excluding steroid dienone is 1. The maximum atomic E-state index is 9.39. The van der Waals surface area contributed by atoms with Gasteiger partial charge in [-0.15, -0.1) is 0 Å². The zero-order valence-corrected chi connectivity index (χ0v) is 7.59. The van der Waals surface area contributed by atoms with Crippen molar-refractivity contribution in [2.45, 2.75) is 20.3 Å². The molecule has 0 saturated carbocycles. The van der Waals surface area contributed by atoms with E-state index in [1.165, 1.54) is 0 Å². The fourth-order valence-corrected chi connectivity index (χ4v) is 1.13. The van der Waals surface area contributed by atoms with Gasteiger partial charge < -0.3 is 5.11 Å². The summed E-state index contributed by atoms with van der Waals surface area (Å²) >= 11 is 0. The predicted molar refractivity (Wildman–Crippen MR) is 52.2 cm³/mol. The lowest BCUT2D eigenvalue weighted by Crippen LogP contribution is -1.84. The van der Waals surface area contributed by atoms with Crippen molar-refractivity contribution in [2.75, 3.05) is 0 Å². The van der Waals surface area contributed by atoms with Gasteiger partial charge in [0.25, 0.3) is 0 Å². The minimum atomic E-state index is 0.377. The summed E-state index contributed by atoms with van der Waals surface area (Å²) in [5.74, 6) is 0.377. The Hall–Kier alpha value is -1.24. The number of benzene rings is 1. The first-order chi connectivity index (χ1) is 5.65. The molecule has 1 N–H and O–H groups in total. The Balaban J connectivity index is 3.13. The summed E-state index contributed by atoms with van der Waals surface area (Å²) in [4.78, 5) is 0. The standard InChI is InChI=1S/C11H14O/c1-4-9-7-10(8(2)3)5-6-11(9)12/h5-7,12H,2,4H2,1,3H3. The zero-order valence-electron chi connectivity index (χ0n) is 7.59. The number of phenols is 1. The minimum absolute atomic E-state index is 0.377. The van der Waals surface area contributed by atoms with Crippen molar-refractivity contribution in [1.29, 1.82) is 0 Å². The van der Waals surface area contributed by atoms with Gasteiger partial charge >= 0.3 is 0 Å². The van der Waals surface area contributed by atoms with E-state index in [-0.39, 0.29) is 0 Å². The van der Waals surface area contributed by atoms with Gasteiger partial charge in [-0.05, 0) is 36.6 Å². The molecule has 0 fully saturated rings. The fourth-order valence-electron chi connectivity index (χ4n) is 1.13. The van der Waals surface area contributed by atoms with E-state index in [1.807, 2.05) is 26.0 Å². The van der Waals surface area contributed by atoms with E-state index >= 15 is 0 Å². The van der Waals surface area contributed by atoms with Crippen LogP contribution in [0.1, 0.15) is 25.0 Å². The van der Waals surface area contributed by atoms with Crippen LogP contribution >= 0.6 is 0 Å². The quantitative estimate of drug-likeness (QED) is 0.708. The van der Waals surface area contributed by atoms with Gasteiger partial charge in [-0.2, -0.15) is 0 Å². The molecule has 1 heteroatoms. The van der Waals surface area contributed by atoms with Crippen molar-refractivity contribution in [2.24, 2.45) is 0 Å². The van der Waals surface area contributed by atoms with E-state index in [2.05, 4.69) is 6.58 Å². The number of phenolic OH excluding ortho intramolecular Hbond substituents is 1. The van der Waals surface area contributed by atoms with E-state index < -0.39 is 0 Å². The van der Waals surface area contributed by atoms with Crippen molar-refractivity contribution in [3.05, 3.63) is 35.9 Å². The molecule has 0 bridgehead atoms. The summed E-state index contributed by atoms with van der Waals surface area (Å²) in [6, 6.07) is 5.59. The minimum Gasteiger partial charge on any atom is -0.508 e. The molecule has 12 heavy (non-hydrogen) atoms. The average Bonchev–Trinajstić information content (AvgIpc) is 2.05. The Morgan fingerprint density at radius 1 is 1.50 bits per heavy atom. The van der Waals surface area contributed by atoms with E-state index in [1.54, 1.807) is 6.07 Å². The molecule has 0 saturated heterocycles. The first kappa shape index (κ1) is 8.85. The van der Waals surface area contributed by atoms with Crippen LogP contribution in [0.4, 0.5) is 0 Å². The summed E-state index contributed by atoms with van der Waals surface area (Å²) < 4.78 is 0. The van der Waals surface area contributed by atoms with Gasteiger partial charge in [0.05, 0.1) is 0 Å². The van der Waals surface area contributed by atoms with E-state index in [9.17, 15) is 5.11 Å². The first-order valence-corrected chi connectivity index (χ1v) is 4.13. The van der Waals surface area contributed by atoms with Crippen molar-refractivity contribution in [3.63, 3.8) is 0 Å². The third-order valence-corrected chi connectivity index (χ3v) is 1.95. The second-order valence-corrected chi connectivity index (χ2v) is 2.98. The van der Waals surface area contributed by atoms with Crippen LogP contribution in [0.2, 0.25) is 0 Å². The highest BCUT2D eigenvalue weighted by Crippen LogP contribution is 2.22. The number of aromatic hydroxyl groups is 1. The fraction of sp³-hybridized carbons (Fsp3) is 0.273. The molecule has 1 nitrogen and oxygen atoms in total. The van der Waals surface area contributed by atoms with Gasteiger partial charge in [0.15, 0.2) is 0 Å². The number of hydrogen-bond donors (Lipinski definition) is 1. The van der Waals surface area contributed by atoms with Gasteiger partial charge in [-0.25, -0.2) is 0 Å². The molecule has 0 amide bonds. The topological polar surface area (TPSA) is 20.2 Å². The van der Waals surface area contributed by atoms with E-state index in [4.69, 9.17) is 0 Å². The largest absolute Gasteiger partial charge is 0.508 e. The summed E-state index contributed by atoms with van der Waals surface area (Å²) in [7, 11) is 0. The lowest BCUT2D eigenvalue weighted by Gasteiger charge is -2.04. The monoisotopic (exact) mass is 162 g/mol. The van der Waals surface area contributed by atoms with Crippen molar-refractivity contribution < 1.29 is 5.11 Å². The maximum absolute atomic E-state index is 9.39. The molecular formula is C11H14O. The molecule has 0 unspecified atom stereocenters. The third kappa shape index (κ3) is 1.67. The molecule has 64 valence electrons. The Labute approximate surface area is 73.4 Å². The number of rotatable bonds is 2. The smallest absolute Gasteiger partial charge is 0.118 e. The highest BCUT2D eigenvalue weighted by molar-refractivity contribution is 5.63. The van der Waals surface area contributed by atoms with E-state index in [0.29, 0.717) is 5.75 Å². The number of hydrogen-bond acceptors (Lipinski definition) is 1. The molecule has 1 aromatic rings. The molecule has 0 atom stereocenters. The predicted octanol–water partition coefficient (Wildman–Crippen LogP) is 2.99. The van der Waals surface area contributed by atoms with Gasteiger partial charge in [0, 0.05) is 0 Å². The first-order valence-electron chi connectivity index (χ1n) is 4.13. The summed E-state index contributed by atoms with van der Waals surface area (Å²) in [6.07, 6.45) is 0.854. The lowest BCUT2D eigenvalue weighted by atomic mass is 10.0. The van der Waals surface area contributed by atoms with Crippen molar-refractivity contribution in [1.82, 2.24) is 0 Å². The summed E-state index contributed by atoms with van der Waals surface area (Å²) in [5, 5.41) is 9.39. The van der Waals surface area contributed by atoms with E-state index in [0.717, 1.165) is 23.1 Å². The van der Waals surface area contributed by atoms with Crippen LogP contribution in [0, 0.1) is 0 Å². The molecule has 0 aliphatic rings. The summed E-state index contributed by atoms with van der Waals surface area (Å²) in [5.41, 5.74) is 3.12. The van der Waals surface area contributed by atoms with Gasteiger partial charge in [0.1, 0.15) is 5.75 Å². The Bertz CT molecular complexity index is 300. The van der Waals surface area contributed by atoms with Gasteiger partial charge in [-0.1, -0.05) is 25.1 Å². The average molecular weight is 162 g/mol. The SMILES string of the molecule is C=C(C)c1ccc(O)c(CC)c1. The van der Waals surface area contributed by atoms with Gasteiger partial charge in [-0.3, -0.25) is 0 Å². The van der Waals surface area contributed by atoms with Crippen LogP contribution in [0.15, 0.2) is 24.8 Å². The maximum Gasteiger partial charge on any atom is 0.118 e. The second-order valence-electron chi connectivity index (χ2n) is 2.98. The molecule has 0 aliphatic heterocycles. The molecule has 1 aromatic carbocycles. The third-order valence-electron chi connectivity index (χ3n) is 1.95. The van der Waals surface area contributed by atoms with Crippen LogP contribution < -0.4 is 0 Å². The Morgan fingerprint density at radius 2 is 2.17 bits per heavy atom. The lowest BCUT2D eigenvalue weighted by molar-refractivity contribution is 0.469. The number of aryl methyl sites for hydroxylation is 1. The molecule has 0 spiro atoms. The van der Waals surface area contributed by atoms with Crippen molar-refractivity contribution >= 4 is 5.57 Å². The molecular weight excluding hydrogens is 148 g/mol. The molecule has 0 radical (unpaired) electrons. The van der Waals surface area contributed by atoms with Crippen LogP contribution in [0.25, 0.3) is 5.57 Å². The Kier molecular flexibility index (Phi) is 2.54. The molecule has 1 rings (SSSR count). The molecule has 0 aromatic heterocycles.